The molecule has 6 aromatic rings. The Bertz CT molecular complexity index is 2350. The molecule has 268 valence electrons. The minimum Gasteiger partial charge on any atom is -0.508 e. The van der Waals surface area contributed by atoms with Crippen LogP contribution in [0.25, 0.3) is 16.8 Å². The van der Waals surface area contributed by atoms with E-state index in [9.17, 15) is 0 Å². The van der Waals surface area contributed by atoms with Gasteiger partial charge >= 0.3 is 0 Å². The minimum atomic E-state index is -0.706. The molecule has 5 nitrogen and oxygen atoms in total. The SMILES string of the molecule is CC1=C(C)N(c2[c-]c(C3(c4[c-]c(C(C)(C)c5cc(C(C)(C)C)ccn5)n5c(C)c(C)nc5c4)c4ccccc4-c4ccccc43)ccc2)[CH-]N1C.[Pt]. The molecule has 0 radical (unpaired) electrons. The molecule has 1 aliphatic heterocycles. The smallest absolute Gasteiger partial charge is 0.0573 e. The van der Waals surface area contributed by atoms with Gasteiger partial charge in [0.1, 0.15) is 0 Å². The molecule has 0 saturated heterocycles. The quantitative estimate of drug-likeness (QED) is 0.162. The van der Waals surface area contributed by atoms with Crippen molar-refractivity contribution in [3.05, 3.63) is 172 Å². The van der Waals surface area contributed by atoms with E-state index < -0.39 is 10.8 Å². The van der Waals surface area contributed by atoms with Crippen molar-refractivity contribution in [1.29, 1.82) is 0 Å². The molecule has 0 fully saturated rings. The molecule has 0 spiro atoms. The number of nitrogens with zero attached hydrogens (tertiary/aromatic N) is 5. The fourth-order valence-corrected chi connectivity index (χ4v) is 8.16. The summed E-state index contributed by atoms with van der Waals surface area (Å²) >= 11 is 0. The van der Waals surface area contributed by atoms with Gasteiger partial charge in [-0.1, -0.05) is 88.8 Å². The molecule has 8 rings (SSSR count). The number of benzene rings is 3. The van der Waals surface area contributed by atoms with Gasteiger partial charge in [0, 0.05) is 49.5 Å². The molecule has 0 bridgehead atoms. The van der Waals surface area contributed by atoms with E-state index in [-0.39, 0.29) is 26.5 Å². The second-order valence-electron chi connectivity index (χ2n) is 15.9. The van der Waals surface area contributed by atoms with E-state index >= 15 is 0 Å². The number of rotatable bonds is 5. The van der Waals surface area contributed by atoms with Crippen molar-refractivity contribution in [2.24, 2.45) is 0 Å². The van der Waals surface area contributed by atoms with Gasteiger partial charge in [0.05, 0.1) is 17.0 Å². The summed E-state index contributed by atoms with van der Waals surface area (Å²) < 4.78 is 2.30. The van der Waals surface area contributed by atoms with E-state index in [2.05, 4.69) is 187 Å². The van der Waals surface area contributed by atoms with Crippen molar-refractivity contribution in [3.8, 4) is 11.1 Å². The van der Waals surface area contributed by atoms with Crippen LogP contribution in [-0.2, 0) is 37.3 Å². The van der Waals surface area contributed by atoms with Crippen LogP contribution < -0.4 is 4.90 Å². The predicted octanol–water partition coefficient (Wildman–Crippen LogP) is 10.1. The Morgan fingerprint density at radius 3 is 2.00 bits per heavy atom. The predicted molar refractivity (Wildman–Crippen MR) is 208 cm³/mol. The maximum atomic E-state index is 5.20. The topological polar surface area (TPSA) is 36.7 Å². The summed E-state index contributed by atoms with van der Waals surface area (Å²) in [5.74, 6) is 0. The molecular formula is C46H46N5Pt-3. The van der Waals surface area contributed by atoms with Crippen LogP contribution in [-0.4, -0.2) is 26.3 Å². The average molecular weight is 864 g/mol. The van der Waals surface area contributed by atoms with E-state index in [0.717, 1.165) is 45.2 Å². The molecule has 4 heterocycles. The second kappa shape index (κ2) is 12.6. The molecule has 0 amide bonds. The zero-order valence-electron chi connectivity index (χ0n) is 31.8. The molecule has 0 atom stereocenters. The largest absolute Gasteiger partial charge is 0.508 e. The number of hydrogen-bond acceptors (Lipinski definition) is 4. The maximum absolute atomic E-state index is 5.20. The van der Waals surface area contributed by atoms with E-state index in [1.54, 1.807) is 0 Å². The van der Waals surface area contributed by atoms with Crippen LogP contribution >= 0.6 is 0 Å². The van der Waals surface area contributed by atoms with Crippen LogP contribution in [0.2, 0.25) is 0 Å². The second-order valence-corrected chi connectivity index (χ2v) is 15.9. The Hall–Kier alpha value is -4.47. The monoisotopic (exact) mass is 863 g/mol. The number of allylic oxidation sites excluding steroid dienone is 2. The molecule has 1 aliphatic carbocycles. The van der Waals surface area contributed by atoms with Crippen molar-refractivity contribution in [1.82, 2.24) is 19.3 Å². The molecule has 52 heavy (non-hydrogen) atoms. The van der Waals surface area contributed by atoms with Gasteiger partial charge in [-0.2, -0.15) is 42.6 Å². The van der Waals surface area contributed by atoms with E-state index in [1.807, 2.05) is 6.20 Å². The van der Waals surface area contributed by atoms with Crippen molar-refractivity contribution in [2.45, 2.75) is 78.6 Å². The van der Waals surface area contributed by atoms with Gasteiger partial charge in [0.15, 0.2) is 0 Å². The Balaban J connectivity index is 0.00000420. The first-order chi connectivity index (χ1) is 24.2. The van der Waals surface area contributed by atoms with Crippen LogP contribution in [0.5, 0.6) is 0 Å². The molecule has 2 aliphatic rings. The number of aryl methyl sites for hydroxylation is 2. The summed E-state index contributed by atoms with van der Waals surface area (Å²) in [6.45, 7) is 22.1. The number of aromatic nitrogens is 3. The summed E-state index contributed by atoms with van der Waals surface area (Å²) in [7, 11) is 2.10. The Labute approximate surface area is 323 Å². The Kier molecular flexibility index (Phi) is 8.69. The molecule has 0 N–H and O–H groups in total. The van der Waals surface area contributed by atoms with Gasteiger partial charge in [0.2, 0.25) is 0 Å². The normalized spacial score (nSPS) is 15.3. The van der Waals surface area contributed by atoms with Crippen LogP contribution in [0.4, 0.5) is 5.69 Å². The van der Waals surface area contributed by atoms with E-state index in [1.165, 1.54) is 39.2 Å². The van der Waals surface area contributed by atoms with Gasteiger partial charge < -0.3 is 14.2 Å². The van der Waals surface area contributed by atoms with Gasteiger partial charge in [-0.15, -0.1) is 11.3 Å². The zero-order chi connectivity index (χ0) is 36.0. The van der Waals surface area contributed by atoms with E-state index in [0.29, 0.717) is 0 Å². The Morgan fingerprint density at radius 2 is 1.38 bits per heavy atom. The molecule has 3 aromatic heterocycles. The van der Waals surface area contributed by atoms with Gasteiger partial charge in [-0.25, -0.2) is 6.07 Å². The summed E-state index contributed by atoms with van der Waals surface area (Å²) in [5, 5.41) is 0. The molecular weight excluding hydrogens is 818 g/mol. The van der Waals surface area contributed by atoms with Gasteiger partial charge in [-0.3, -0.25) is 9.97 Å². The number of anilines is 1. The fourth-order valence-electron chi connectivity index (χ4n) is 8.16. The third-order valence-electron chi connectivity index (χ3n) is 11.5. The van der Waals surface area contributed by atoms with Crippen molar-refractivity contribution < 1.29 is 21.1 Å². The van der Waals surface area contributed by atoms with Gasteiger partial charge in [0.25, 0.3) is 0 Å². The number of imidazole rings is 1. The van der Waals surface area contributed by atoms with Crippen LogP contribution in [0.15, 0.2) is 103 Å². The third kappa shape index (κ3) is 5.22. The molecule has 3 aromatic carbocycles. The first kappa shape index (κ1) is 35.9. The maximum Gasteiger partial charge on any atom is 0.0573 e. The zero-order valence-corrected chi connectivity index (χ0v) is 34.1. The number of pyridine rings is 2. The summed E-state index contributed by atoms with van der Waals surface area (Å²) in [6, 6.07) is 39.1. The summed E-state index contributed by atoms with van der Waals surface area (Å²) in [6.07, 6.45) is 1.96. The van der Waals surface area contributed by atoms with E-state index in [4.69, 9.17) is 9.97 Å². The van der Waals surface area contributed by atoms with Crippen LogP contribution in [0.3, 0.4) is 0 Å². The van der Waals surface area contributed by atoms with Crippen molar-refractivity contribution in [3.63, 3.8) is 0 Å². The summed E-state index contributed by atoms with van der Waals surface area (Å²) in [4.78, 5) is 14.6. The van der Waals surface area contributed by atoms with Crippen molar-refractivity contribution >= 4 is 11.3 Å². The first-order valence-electron chi connectivity index (χ1n) is 17.9. The van der Waals surface area contributed by atoms with Gasteiger partial charge in [-0.05, 0) is 85.8 Å². The standard InChI is InChI=1S/C46H46N5.Pt/c1-29-30(2)51-42(45(8,9)41-25-33(22-23-47-41)44(5,6)7)26-35(27-43(51)48-29)46(39-20-13-11-18-37(39)38-19-12-14-21-40(38)46)34-16-15-17-36(24-34)50-28-49(10)31(3)32(50)4;/h11-23,25,27-28H,1-10H3;/q-3;. The van der Waals surface area contributed by atoms with Crippen LogP contribution in [0.1, 0.15) is 99.1 Å². The molecule has 0 unspecified atom stereocenters. The number of hydrogen-bond donors (Lipinski definition) is 0. The minimum absolute atomic E-state index is 0. The van der Waals surface area contributed by atoms with Crippen LogP contribution in [0, 0.1) is 32.6 Å². The molecule has 6 heteroatoms. The van der Waals surface area contributed by atoms with Crippen molar-refractivity contribution in [2.75, 3.05) is 11.9 Å². The first-order valence-corrected chi connectivity index (χ1v) is 17.9. The Morgan fingerprint density at radius 1 is 0.731 bits per heavy atom. The third-order valence-corrected chi connectivity index (χ3v) is 11.5. The summed E-state index contributed by atoms with van der Waals surface area (Å²) in [5.41, 5.74) is 15.6. The average Bonchev–Trinajstić information content (AvgIpc) is 3.69. The molecule has 0 saturated carbocycles. The number of fused-ring (bicyclic) bond motifs is 4. The fraction of sp³-hybridized carbons (Fsp3) is 0.283.